The predicted octanol–water partition coefficient (Wildman–Crippen LogP) is 0.457. The molecule has 0 saturated carbocycles. The van der Waals surface area contributed by atoms with Gasteiger partial charge in [0.2, 0.25) is 5.91 Å². The molecule has 7 nitrogen and oxygen atoms in total. The van der Waals surface area contributed by atoms with Crippen LogP contribution >= 0.6 is 0 Å². The lowest BCUT2D eigenvalue weighted by atomic mass is 10.1. The highest BCUT2D eigenvalue weighted by Crippen LogP contribution is 2.19. The molecule has 0 spiro atoms. The molecule has 1 aliphatic heterocycles. The van der Waals surface area contributed by atoms with Crippen LogP contribution in [0.15, 0.2) is 18.3 Å². The van der Waals surface area contributed by atoms with Gasteiger partial charge in [-0.2, -0.15) is 0 Å². The van der Waals surface area contributed by atoms with E-state index < -0.39 is 0 Å². The zero-order chi connectivity index (χ0) is 15.9. The van der Waals surface area contributed by atoms with Crippen LogP contribution in [0.5, 0.6) is 5.75 Å². The Kier molecular flexibility index (Phi) is 5.71. The number of rotatable bonds is 5. The van der Waals surface area contributed by atoms with Crippen LogP contribution in [0, 0.1) is 0 Å². The lowest BCUT2D eigenvalue weighted by molar-refractivity contribution is -0.137. The minimum atomic E-state index is -0.258. The second kappa shape index (κ2) is 7.74. The normalized spacial score (nSPS) is 17.9. The van der Waals surface area contributed by atoms with E-state index in [0.717, 1.165) is 19.4 Å². The van der Waals surface area contributed by atoms with Gasteiger partial charge in [-0.1, -0.05) is 0 Å². The molecule has 1 saturated heterocycles. The van der Waals surface area contributed by atoms with E-state index in [1.165, 1.54) is 13.3 Å². The molecule has 2 amide bonds. The summed E-state index contributed by atoms with van der Waals surface area (Å²) in [6.45, 7) is 1.34. The van der Waals surface area contributed by atoms with Crippen molar-refractivity contribution in [3.63, 3.8) is 0 Å². The number of amides is 2. The fourth-order valence-corrected chi connectivity index (χ4v) is 2.40. The molecule has 7 heteroatoms. The first-order valence-corrected chi connectivity index (χ1v) is 7.25. The molecule has 1 aliphatic rings. The van der Waals surface area contributed by atoms with Crippen molar-refractivity contribution in [1.29, 1.82) is 0 Å². The summed E-state index contributed by atoms with van der Waals surface area (Å²) in [5.41, 5.74) is 0.308. The predicted molar refractivity (Wildman–Crippen MR) is 79.7 cm³/mol. The van der Waals surface area contributed by atoms with Gasteiger partial charge in [-0.15, -0.1) is 0 Å². The Morgan fingerprint density at radius 1 is 1.50 bits per heavy atom. The number of carbonyl (C=O) groups is 2. The molecule has 22 heavy (non-hydrogen) atoms. The van der Waals surface area contributed by atoms with E-state index in [4.69, 9.17) is 9.47 Å². The molecule has 2 heterocycles. The zero-order valence-electron chi connectivity index (χ0n) is 12.9. The molecule has 0 aromatic carbocycles. The van der Waals surface area contributed by atoms with E-state index in [1.807, 2.05) is 0 Å². The van der Waals surface area contributed by atoms with Crippen LogP contribution in [0.2, 0.25) is 0 Å². The van der Waals surface area contributed by atoms with Crippen molar-refractivity contribution >= 4 is 11.8 Å². The van der Waals surface area contributed by atoms with Crippen LogP contribution in [0.25, 0.3) is 0 Å². The lowest BCUT2D eigenvalue weighted by Crippen LogP contribution is -2.45. The number of pyridine rings is 1. The molecule has 0 bridgehead atoms. The number of nitrogens with one attached hydrogen (secondary N) is 1. The van der Waals surface area contributed by atoms with Gasteiger partial charge >= 0.3 is 0 Å². The second-order valence-electron chi connectivity index (χ2n) is 5.11. The summed E-state index contributed by atoms with van der Waals surface area (Å²) in [6.07, 6.45) is 3.20. The number of ether oxygens (including phenoxy) is 2. The molecule has 1 fully saturated rings. The first kappa shape index (κ1) is 16.2. The SMILES string of the molecule is CNC(=O)c1cc(OC2CCCN(C(=O)COC)C2)ccn1. The van der Waals surface area contributed by atoms with Crippen molar-refractivity contribution < 1.29 is 19.1 Å². The number of aromatic nitrogens is 1. The average Bonchev–Trinajstić information content (AvgIpc) is 2.55. The summed E-state index contributed by atoms with van der Waals surface area (Å²) >= 11 is 0. The summed E-state index contributed by atoms with van der Waals surface area (Å²) in [5.74, 6) is 0.294. The molecule has 1 aromatic rings. The fourth-order valence-electron chi connectivity index (χ4n) is 2.40. The highest BCUT2D eigenvalue weighted by Gasteiger charge is 2.24. The van der Waals surface area contributed by atoms with E-state index in [2.05, 4.69) is 10.3 Å². The summed E-state index contributed by atoms with van der Waals surface area (Å²) < 4.78 is 10.8. The molecule has 120 valence electrons. The number of hydrogen-bond donors (Lipinski definition) is 1. The Balaban J connectivity index is 1.98. The highest BCUT2D eigenvalue weighted by molar-refractivity contribution is 5.92. The van der Waals surface area contributed by atoms with Crippen LogP contribution in [0.4, 0.5) is 0 Å². The monoisotopic (exact) mass is 307 g/mol. The molecule has 1 aromatic heterocycles. The number of nitrogens with zero attached hydrogens (tertiary/aromatic N) is 2. The van der Waals surface area contributed by atoms with Crippen LogP contribution in [0.3, 0.4) is 0 Å². The molecule has 0 radical (unpaired) electrons. The van der Waals surface area contributed by atoms with Gasteiger partial charge in [-0.3, -0.25) is 14.6 Å². The maximum atomic E-state index is 11.9. The molecular weight excluding hydrogens is 286 g/mol. The standard InChI is InChI=1S/C15H21N3O4/c1-16-15(20)13-8-11(5-6-17-13)22-12-4-3-7-18(9-12)14(19)10-21-2/h5-6,8,12H,3-4,7,9-10H2,1-2H3,(H,16,20). The summed E-state index contributed by atoms with van der Waals surface area (Å²) in [4.78, 5) is 29.2. The van der Waals surface area contributed by atoms with Gasteiger partial charge in [0.25, 0.3) is 5.91 Å². The Bertz CT molecular complexity index is 535. The van der Waals surface area contributed by atoms with E-state index in [-0.39, 0.29) is 24.5 Å². The minimum Gasteiger partial charge on any atom is -0.488 e. The van der Waals surface area contributed by atoms with Crippen LogP contribution in [0.1, 0.15) is 23.3 Å². The number of piperidine rings is 1. The van der Waals surface area contributed by atoms with Gasteiger partial charge in [0, 0.05) is 33.0 Å². The molecular formula is C15H21N3O4. The first-order valence-electron chi connectivity index (χ1n) is 7.25. The Labute approximate surface area is 129 Å². The van der Waals surface area contributed by atoms with Crippen LogP contribution in [-0.2, 0) is 9.53 Å². The first-order chi connectivity index (χ1) is 10.6. The van der Waals surface area contributed by atoms with Gasteiger partial charge in [0.1, 0.15) is 24.2 Å². The largest absolute Gasteiger partial charge is 0.488 e. The minimum absolute atomic E-state index is 0.0309. The van der Waals surface area contributed by atoms with E-state index in [9.17, 15) is 9.59 Å². The topological polar surface area (TPSA) is 80.8 Å². The third-order valence-electron chi connectivity index (χ3n) is 3.49. The quantitative estimate of drug-likeness (QED) is 0.854. The Morgan fingerprint density at radius 2 is 2.32 bits per heavy atom. The van der Waals surface area contributed by atoms with Crippen molar-refractivity contribution in [3.8, 4) is 5.75 Å². The average molecular weight is 307 g/mol. The van der Waals surface area contributed by atoms with Crippen molar-refractivity contribution in [2.45, 2.75) is 18.9 Å². The van der Waals surface area contributed by atoms with Gasteiger partial charge in [0.05, 0.1) is 6.54 Å². The van der Waals surface area contributed by atoms with Crippen molar-refractivity contribution in [2.75, 3.05) is 33.9 Å². The van der Waals surface area contributed by atoms with E-state index >= 15 is 0 Å². The summed E-state index contributed by atoms with van der Waals surface area (Å²) in [7, 11) is 3.06. The molecule has 1 unspecified atom stereocenters. The van der Waals surface area contributed by atoms with Crippen LogP contribution in [-0.4, -0.2) is 61.7 Å². The number of methoxy groups -OCH3 is 1. The van der Waals surface area contributed by atoms with E-state index in [1.54, 1.807) is 24.1 Å². The fraction of sp³-hybridized carbons (Fsp3) is 0.533. The van der Waals surface area contributed by atoms with Gasteiger partial charge in [-0.05, 0) is 18.9 Å². The zero-order valence-corrected chi connectivity index (χ0v) is 12.9. The second-order valence-corrected chi connectivity index (χ2v) is 5.11. The van der Waals surface area contributed by atoms with E-state index in [0.29, 0.717) is 18.0 Å². The summed E-state index contributed by atoms with van der Waals surface area (Å²) in [5, 5.41) is 2.52. The Hall–Kier alpha value is -2.15. The molecule has 2 rings (SSSR count). The van der Waals surface area contributed by atoms with Gasteiger partial charge < -0.3 is 19.7 Å². The van der Waals surface area contributed by atoms with Crippen molar-refractivity contribution in [1.82, 2.24) is 15.2 Å². The number of likely N-dealkylation sites (tertiary alicyclic amines) is 1. The highest BCUT2D eigenvalue weighted by atomic mass is 16.5. The van der Waals surface area contributed by atoms with Gasteiger partial charge in [-0.25, -0.2) is 0 Å². The molecule has 1 N–H and O–H groups in total. The third kappa shape index (κ3) is 4.17. The number of hydrogen-bond acceptors (Lipinski definition) is 5. The molecule has 0 aliphatic carbocycles. The maximum absolute atomic E-state index is 11.9. The van der Waals surface area contributed by atoms with Gasteiger partial charge in [0.15, 0.2) is 0 Å². The number of carbonyl (C=O) groups excluding carboxylic acids is 2. The Morgan fingerprint density at radius 3 is 3.05 bits per heavy atom. The maximum Gasteiger partial charge on any atom is 0.269 e. The van der Waals surface area contributed by atoms with Crippen LogP contribution < -0.4 is 10.1 Å². The van der Waals surface area contributed by atoms with Crippen molar-refractivity contribution in [2.24, 2.45) is 0 Å². The molecule has 1 atom stereocenters. The summed E-state index contributed by atoms with van der Waals surface area (Å²) in [6, 6.07) is 3.32. The van der Waals surface area contributed by atoms with Crippen molar-refractivity contribution in [3.05, 3.63) is 24.0 Å². The third-order valence-corrected chi connectivity index (χ3v) is 3.49. The smallest absolute Gasteiger partial charge is 0.269 e. The lowest BCUT2D eigenvalue weighted by Gasteiger charge is -2.32.